The van der Waals surface area contributed by atoms with Gasteiger partial charge in [-0.15, -0.1) is 0 Å². The van der Waals surface area contributed by atoms with Crippen molar-refractivity contribution in [2.75, 3.05) is 0 Å². The van der Waals surface area contributed by atoms with Crippen molar-refractivity contribution in [3.05, 3.63) is 24.3 Å². The summed E-state index contributed by atoms with van der Waals surface area (Å²) in [6, 6.07) is 0. The zero-order valence-corrected chi connectivity index (χ0v) is 6.81. The Morgan fingerprint density at radius 1 is 1.08 bits per heavy atom. The summed E-state index contributed by atoms with van der Waals surface area (Å²) in [4.78, 5) is 20.2. The lowest BCUT2D eigenvalue weighted by Crippen LogP contribution is -2.23. The molecule has 0 aromatic carbocycles. The van der Waals surface area contributed by atoms with Crippen LogP contribution in [0.3, 0.4) is 0 Å². The van der Waals surface area contributed by atoms with Gasteiger partial charge < -0.3 is 14.4 Å². The van der Waals surface area contributed by atoms with E-state index in [0.717, 1.165) is 0 Å². The Morgan fingerprint density at radius 3 is 1.54 bits per heavy atom. The number of halogens is 4. The molecule has 0 spiro atoms. The Bertz CT molecular complexity index is 256. The lowest BCUT2D eigenvalue weighted by molar-refractivity contribution is -0.314. The molecule has 0 aliphatic rings. The normalized spacial score (nSPS) is 11.3. The maximum Gasteiger partial charge on any atom is 0.267 e. The minimum Gasteiger partial charge on any atom is -0.810 e. The third-order valence-corrected chi connectivity index (χ3v) is 1.99. The van der Waals surface area contributed by atoms with Crippen LogP contribution in [0.15, 0.2) is 24.3 Å². The Morgan fingerprint density at radius 2 is 1.38 bits per heavy atom. The molecule has 0 saturated heterocycles. The zero-order valence-electron chi connectivity index (χ0n) is 5.92. The Hall–Kier alpha value is -0.650. The molecular formula is C5H3F4O3P-2. The van der Waals surface area contributed by atoms with Crippen LogP contribution in [0.2, 0.25) is 0 Å². The number of hydrogen-bond donors (Lipinski definition) is 0. The van der Waals surface area contributed by atoms with E-state index in [9.17, 15) is 31.9 Å². The first-order valence-electron chi connectivity index (χ1n) is 2.81. The minimum atomic E-state index is -5.50. The molecule has 0 bridgehead atoms. The lowest BCUT2D eigenvalue weighted by atomic mass is 10.4. The molecule has 0 rings (SSSR count). The average molecular weight is 218 g/mol. The first-order valence-corrected chi connectivity index (χ1v) is 4.42. The summed E-state index contributed by atoms with van der Waals surface area (Å²) >= 11 is 0. The third-order valence-electron chi connectivity index (χ3n) is 0.959. The van der Waals surface area contributed by atoms with Crippen molar-refractivity contribution in [1.29, 1.82) is 0 Å². The van der Waals surface area contributed by atoms with Gasteiger partial charge in [0.2, 0.25) is 0 Å². The Kier molecular flexibility index (Phi) is 4.32. The predicted octanol–water partition coefficient (Wildman–Crippen LogP) is 0.830. The fourth-order valence-electron chi connectivity index (χ4n) is 0.489. The van der Waals surface area contributed by atoms with Crippen LogP contribution in [-0.4, -0.2) is 5.66 Å². The fourth-order valence-corrected chi connectivity index (χ4v) is 1.08. The highest BCUT2D eigenvalue weighted by Crippen LogP contribution is 2.35. The van der Waals surface area contributed by atoms with Crippen molar-refractivity contribution in [2.24, 2.45) is 0 Å². The van der Waals surface area contributed by atoms with Gasteiger partial charge in [0, 0.05) is 5.66 Å². The fraction of sp³-hybridized carbons (Fsp3) is 0.200. The molecule has 0 saturated carbocycles. The molecule has 0 aromatic rings. The van der Waals surface area contributed by atoms with Crippen LogP contribution in [-0.2, 0) is 4.57 Å². The number of rotatable bonds is 3. The molecule has 0 fully saturated rings. The maximum atomic E-state index is 11.5. The van der Waals surface area contributed by atoms with Crippen LogP contribution < -0.4 is 9.79 Å². The Balaban J connectivity index is 4.90. The van der Waals surface area contributed by atoms with E-state index in [1.807, 2.05) is 0 Å². The molecule has 0 N–H and O–H groups in total. The monoisotopic (exact) mass is 218 g/mol. The van der Waals surface area contributed by atoms with Gasteiger partial charge in [0.25, 0.3) is 12.2 Å². The van der Waals surface area contributed by atoms with Crippen molar-refractivity contribution in [3.8, 4) is 0 Å². The van der Waals surface area contributed by atoms with E-state index in [2.05, 4.69) is 0 Å². The van der Waals surface area contributed by atoms with E-state index in [-0.39, 0.29) is 12.2 Å². The molecular weight excluding hydrogens is 215 g/mol. The second-order valence-electron chi connectivity index (χ2n) is 1.94. The summed E-state index contributed by atoms with van der Waals surface area (Å²) in [6.45, 7) is 0. The van der Waals surface area contributed by atoms with Crippen LogP contribution in [0.5, 0.6) is 0 Å². The summed E-state index contributed by atoms with van der Waals surface area (Å²) in [5, 5.41) is 0. The highest BCUT2D eigenvalue weighted by Gasteiger charge is 2.10. The van der Waals surface area contributed by atoms with Crippen LogP contribution in [0.25, 0.3) is 0 Å². The quantitative estimate of drug-likeness (QED) is 0.520. The largest absolute Gasteiger partial charge is 0.810 e. The van der Waals surface area contributed by atoms with E-state index in [0.29, 0.717) is 0 Å². The van der Waals surface area contributed by atoms with Gasteiger partial charge in [-0.3, -0.25) is 0 Å². The van der Waals surface area contributed by atoms with Crippen LogP contribution in [0.4, 0.5) is 17.6 Å². The first-order chi connectivity index (χ1) is 5.73. The zero-order chi connectivity index (χ0) is 10.6. The van der Waals surface area contributed by atoms with E-state index in [1.165, 1.54) is 0 Å². The molecule has 3 nitrogen and oxygen atoms in total. The SMILES string of the molecule is O=P([O-])([O-])C(C=C(F)F)C=C(F)F. The molecule has 76 valence electrons. The van der Waals surface area contributed by atoms with Gasteiger partial charge in [0.05, 0.1) is 0 Å². The average Bonchev–Trinajstić information content (AvgIpc) is 1.81. The first kappa shape index (κ1) is 12.3. The van der Waals surface area contributed by atoms with Crippen molar-refractivity contribution in [1.82, 2.24) is 0 Å². The second-order valence-corrected chi connectivity index (χ2v) is 3.62. The van der Waals surface area contributed by atoms with Gasteiger partial charge in [0.15, 0.2) is 0 Å². The van der Waals surface area contributed by atoms with Crippen molar-refractivity contribution >= 4 is 7.60 Å². The highest BCUT2D eigenvalue weighted by atomic mass is 31.2. The molecule has 0 atom stereocenters. The van der Waals surface area contributed by atoms with Crippen molar-refractivity contribution in [2.45, 2.75) is 5.66 Å². The van der Waals surface area contributed by atoms with E-state index >= 15 is 0 Å². The minimum absolute atomic E-state index is 0.347. The summed E-state index contributed by atoms with van der Waals surface area (Å²) in [7, 11) is -5.50. The molecule has 0 heterocycles. The second kappa shape index (κ2) is 4.55. The van der Waals surface area contributed by atoms with Gasteiger partial charge in [0.1, 0.15) is 0 Å². The molecule has 0 radical (unpaired) electrons. The van der Waals surface area contributed by atoms with Gasteiger partial charge in [-0.2, -0.15) is 17.6 Å². The summed E-state index contributed by atoms with van der Waals surface area (Å²) in [5.74, 6) is 0. The molecule has 0 unspecified atom stereocenters. The van der Waals surface area contributed by atoms with Gasteiger partial charge in [-0.25, -0.2) is 0 Å². The molecule has 0 aromatic heterocycles. The van der Waals surface area contributed by atoms with E-state index in [1.54, 1.807) is 0 Å². The summed E-state index contributed by atoms with van der Waals surface area (Å²) < 4.78 is 55.9. The molecule has 0 aliphatic carbocycles. The smallest absolute Gasteiger partial charge is 0.267 e. The van der Waals surface area contributed by atoms with Crippen LogP contribution in [0.1, 0.15) is 0 Å². The van der Waals surface area contributed by atoms with Crippen molar-refractivity contribution < 1.29 is 31.9 Å². The predicted molar refractivity (Wildman–Crippen MR) is 32.0 cm³/mol. The molecule has 8 heteroatoms. The summed E-state index contributed by atoms with van der Waals surface area (Å²) in [6.07, 6.45) is -5.70. The van der Waals surface area contributed by atoms with E-state index < -0.39 is 25.4 Å². The van der Waals surface area contributed by atoms with Gasteiger partial charge in [-0.1, -0.05) is 7.60 Å². The van der Waals surface area contributed by atoms with Crippen LogP contribution in [0, 0.1) is 0 Å². The molecule has 13 heavy (non-hydrogen) atoms. The Labute approximate surface area is 70.5 Å². The molecule has 0 aliphatic heterocycles. The van der Waals surface area contributed by atoms with Gasteiger partial charge in [-0.05, 0) is 12.2 Å². The standard InChI is InChI=1S/C5H5F4O3P/c6-4(7)1-3(2-5(8)9)13(10,11)12/h1-3H,(H2,10,11,12)/p-2. The lowest BCUT2D eigenvalue weighted by Gasteiger charge is -2.34. The van der Waals surface area contributed by atoms with E-state index in [4.69, 9.17) is 0 Å². The summed E-state index contributed by atoms with van der Waals surface area (Å²) in [5.41, 5.74) is -2.50. The third kappa shape index (κ3) is 5.57. The van der Waals surface area contributed by atoms with Crippen molar-refractivity contribution in [3.63, 3.8) is 0 Å². The van der Waals surface area contributed by atoms with Crippen LogP contribution >= 0.6 is 7.60 Å². The number of hydrogen-bond acceptors (Lipinski definition) is 3. The maximum absolute atomic E-state index is 11.5. The topological polar surface area (TPSA) is 63.2 Å². The van der Waals surface area contributed by atoms with Gasteiger partial charge >= 0.3 is 0 Å². The molecule has 0 amide bonds. The number of allylic oxidation sites excluding steroid dienone is 2. The highest BCUT2D eigenvalue weighted by molar-refractivity contribution is 7.50.